The summed E-state index contributed by atoms with van der Waals surface area (Å²) in [5.74, 6) is 1.02. The summed E-state index contributed by atoms with van der Waals surface area (Å²) in [7, 11) is 0. The zero-order chi connectivity index (χ0) is 25.8. The van der Waals surface area contributed by atoms with Gasteiger partial charge in [-0.2, -0.15) is 0 Å². The van der Waals surface area contributed by atoms with Crippen LogP contribution in [-0.2, 0) is 22.5 Å². The summed E-state index contributed by atoms with van der Waals surface area (Å²) in [6.07, 6.45) is -0.405. The maximum absolute atomic E-state index is 12.9. The molecule has 2 aliphatic heterocycles. The Morgan fingerprint density at radius 3 is 2.61 bits per heavy atom. The smallest absolute Gasteiger partial charge is 0.319 e. The van der Waals surface area contributed by atoms with Crippen molar-refractivity contribution in [3.63, 3.8) is 0 Å². The lowest BCUT2D eigenvalue weighted by Gasteiger charge is -2.38. The molecule has 1 aromatic heterocycles. The fourth-order valence-corrected chi connectivity index (χ4v) is 4.52. The Bertz CT molecular complexity index is 1090. The molecule has 194 valence electrons. The van der Waals surface area contributed by atoms with E-state index in [2.05, 4.69) is 22.5 Å². The van der Waals surface area contributed by atoms with Crippen LogP contribution in [0, 0.1) is 5.92 Å². The summed E-state index contributed by atoms with van der Waals surface area (Å²) < 4.78 is 5.65. The molecule has 10 nitrogen and oxygen atoms in total. The Hall–Kier alpha value is -3.24. The zero-order valence-corrected chi connectivity index (χ0v) is 21.5. The number of aliphatic hydroxyl groups is 1. The number of hydrogen-bond donors (Lipinski definition) is 3. The second-order valence-corrected chi connectivity index (χ2v) is 9.67. The van der Waals surface area contributed by atoms with Crippen LogP contribution in [0.1, 0.15) is 39.0 Å². The molecule has 36 heavy (non-hydrogen) atoms. The van der Waals surface area contributed by atoms with Gasteiger partial charge in [-0.05, 0) is 50.5 Å². The normalized spacial score (nSPS) is 18.6. The Morgan fingerprint density at radius 1 is 1.19 bits per heavy atom. The van der Waals surface area contributed by atoms with Crippen LogP contribution < -0.4 is 15.5 Å². The van der Waals surface area contributed by atoms with Crippen LogP contribution in [0.25, 0.3) is 11.4 Å². The number of benzene rings is 1. The van der Waals surface area contributed by atoms with Crippen molar-refractivity contribution in [1.82, 2.24) is 20.2 Å². The number of fused-ring (bicyclic) bond motifs is 1. The molecule has 2 unspecified atom stereocenters. The first kappa shape index (κ1) is 25.8. The number of ether oxygens (including phenoxy) is 1. The third-order valence-corrected chi connectivity index (χ3v) is 6.62. The summed E-state index contributed by atoms with van der Waals surface area (Å²) in [6.45, 7) is 11.0. The van der Waals surface area contributed by atoms with Crippen LogP contribution in [-0.4, -0.2) is 76.9 Å². The first-order chi connectivity index (χ1) is 17.3. The second kappa shape index (κ2) is 11.2. The molecule has 0 saturated carbocycles. The van der Waals surface area contributed by atoms with E-state index in [1.165, 1.54) is 0 Å². The second-order valence-electron chi connectivity index (χ2n) is 9.67. The number of urea groups is 1. The van der Waals surface area contributed by atoms with Crippen LogP contribution in [0.5, 0.6) is 0 Å². The number of anilines is 2. The van der Waals surface area contributed by atoms with E-state index in [1.54, 1.807) is 4.90 Å². The molecule has 3 N–H and O–H groups in total. The van der Waals surface area contributed by atoms with Gasteiger partial charge in [-0.25, -0.2) is 14.8 Å². The molecule has 0 aliphatic carbocycles. The fraction of sp³-hybridized carbons (Fsp3) is 0.538. The standard InChI is InChI=1S/C26H36N6O4/c1-5-27-26(35)28-19-8-6-18(7-9-19)23-29-21-14-31(25(34)22(33)16(2)3)11-10-20(21)24(30-23)32-12-13-36-15-17(32)4/h6-9,16-17,22,33H,5,10-15H2,1-4H3,(H2,27,28,35). The Labute approximate surface area is 212 Å². The predicted octanol–water partition coefficient (Wildman–Crippen LogP) is 2.41. The maximum Gasteiger partial charge on any atom is 0.319 e. The third-order valence-electron chi connectivity index (χ3n) is 6.62. The molecule has 1 fully saturated rings. The van der Waals surface area contributed by atoms with E-state index >= 15 is 0 Å². The molecule has 3 heterocycles. The third kappa shape index (κ3) is 5.60. The molecular formula is C26H36N6O4. The van der Waals surface area contributed by atoms with Crippen LogP contribution in [0.4, 0.5) is 16.3 Å². The van der Waals surface area contributed by atoms with Gasteiger partial charge >= 0.3 is 6.03 Å². The van der Waals surface area contributed by atoms with E-state index in [0.29, 0.717) is 50.8 Å². The molecule has 0 radical (unpaired) electrons. The number of rotatable bonds is 6. The lowest BCUT2D eigenvalue weighted by Crippen LogP contribution is -2.47. The molecule has 1 saturated heterocycles. The van der Waals surface area contributed by atoms with Gasteiger partial charge in [0, 0.05) is 36.4 Å². The highest BCUT2D eigenvalue weighted by molar-refractivity contribution is 5.89. The van der Waals surface area contributed by atoms with Crippen LogP contribution >= 0.6 is 0 Å². The van der Waals surface area contributed by atoms with Gasteiger partial charge in [0.05, 0.1) is 31.5 Å². The number of amides is 3. The van der Waals surface area contributed by atoms with Gasteiger partial charge in [0.15, 0.2) is 5.82 Å². The average Bonchev–Trinajstić information content (AvgIpc) is 2.87. The maximum atomic E-state index is 12.9. The summed E-state index contributed by atoms with van der Waals surface area (Å²) in [5.41, 5.74) is 3.33. The molecule has 4 rings (SSSR count). The van der Waals surface area contributed by atoms with Crippen molar-refractivity contribution in [2.24, 2.45) is 5.92 Å². The quantitative estimate of drug-likeness (QED) is 0.562. The molecule has 0 spiro atoms. The first-order valence-corrected chi connectivity index (χ1v) is 12.6. The lowest BCUT2D eigenvalue weighted by molar-refractivity contribution is -0.143. The van der Waals surface area contributed by atoms with E-state index in [1.807, 2.05) is 45.0 Å². The topological polar surface area (TPSA) is 120 Å². The molecule has 1 aromatic carbocycles. The van der Waals surface area contributed by atoms with E-state index in [0.717, 1.165) is 29.2 Å². The van der Waals surface area contributed by atoms with Gasteiger partial charge < -0.3 is 30.3 Å². The minimum Gasteiger partial charge on any atom is -0.383 e. The summed E-state index contributed by atoms with van der Waals surface area (Å²) in [6, 6.07) is 7.30. The van der Waals surface area contributed by atoms with Gasteiger partial charge in [0.2, 0.25) is 0 Å². The zero-order valence-electron chi connectivity index (χ0n) is 21.5. The molecule has 2 aromatic rings. The number of aromatic nitrogens is 2. The number of carbonyl (C=O) groups is 2. The van der Waals surface area contributed by atoms with Crippen molar-refractivity contribution in [2.75, 3.05) is 43.1 Å². The highest BCUT2D eigenvalue weighted by atomic mass is 16.5. The van der Waals surface area contributed by atoms with E-state index in [9.17, 15) is 14.7 Å². The Morgan fingerprint density at radius 2 is 1.94 bits per heavy atom. The fourth-order valence-electron chi connectivity index (χ4n) is 4.52. The SMILES string of the molecule is CCNC(=O)Nc1ccc(-c2nc3c(c(N4CCOCC4C)n2)CCN(C(=O)C(O)C(C)C)C3)cc1. The number of morpholine rings is 1. The Kier molecular flexibility index (Phi) is 8.05. The number of aliphatic hydroxyl groups excluding tert-OH is 1. The van der Waals surface area contributed by atoms with Gasteiger partial charge in [0.1, 0.15) is 11.9 Å². The minimum absolute atomic E-state index is 0.156. The lowest BCUT2D eigenvalue weighted by atomic mass is 10.0. The Balaban J connectivity index is 1.68. The number of carbonyl (C=O) groups excluding carboxylic acids is 2. The van der Waals surface area contributed by atoms with E-state index < -0.39 is 6.10 Å². The summed E-state index contributed by atoms with van der Waals surface area (Å²) >= 11 is 0. The molecule has 2 aliphatic rings. The number of nitrogens with zero attached hydrogens (tertiary/aromatic N) is 4. The largest absolute Gasteiger partial charge is 0.383 e. The van der Waals surface area contributed by atoms with Crippen molar-refractivity contribution < 1.29 is 19.4 Å². The predicted molar refractivity (Wildman–Crippen MR) is 138 cm³/mol. The summed E-state index contributed by atoms with van der Waals surface area (Å²) in [4.78, 5) is 38.5. The van der Waals surface area contributed by atoms with Crippen LogP contribution in [0.2, 0.25) is 0 Å². The summed E-state index contributed by atoms with van der Waals surface area (Å²) in [5, 5.41) is 15.9. The number of hydrogen-bond acceptors (Lipinski definition) is 7. The molecule has 2 atom stereocenters. The van der Waals surface area contributed by atoms with E-state index in [-0.39, 0.29) is 23.9 Å². The highest BCUT2D eigenvalue weighted by Crippen LogP contribution is 2.32. The minimum atomic E-state index is -1.03. The van der Waals surface area contributed by atoms with Gasteiger partial charge in [0.25, 0.3) is 5.91 Å². The number of nitrogens with one attached hydrogen (secondary N) is 2. The van der Waals surface area contributed by atoms with Crippen molar-refractivity contribution >= 4 is 23.4 Å². The molecule has 3 amide bonds. The van der Waals surface area contributed by atoms with Crippen LogP contribution in [0.3, 0.4) is 0 Å². The highest BCUT2D eigenvalue weighted by Gasteiger charge is 2.32. The van der Waals surface area contributed by atoms with Crippen molar-refractivity contribution in [3.05, 3.63) is 35.5 Å². The van der Waals surface area contributed by atoms with Crippen LogP contribution in [0.15, 0.2) is 24.3 Å². The molecular weight excluding hydrogens is 460 g/mol. The van der Waals surface area contributed by atoms with Gasteiger partial charge in [-0.1, -0.05) is 13.8 Å². The van der Waals surface area contributed by atoms with Crippen molar-refractivity contribution in [2.45, 2.75) is 52.8 Å². The van der Waals surface area contributed by atoms with Crippen molar-refractivity contribution in [1.29, 1.82) is 0 Å². The average molecular weight is 497 g/mol. The van der Waals surface area contributed by atoms with Crippen molar-refractivity contribution in [3.8, 4) is 11.4 Å². The van der Waals surface area contributed by atoms with E-state index in [4.69, 9.17) is 14.7 Å². The molecule has 10 heteroatoms. The van der Waals surface area contributed by atoms with Gasteiger partial charge in [-0.15, -0.1) is 0 Å². The van der Waals surface area contributed by atoms with Gasteiger partial charge in [-0.3, -0.25) is 4.79 Å². The molecule has 0 bridgehead atoms. The first-order valence-electron chi connectivity index (χ1n) is 12.6. The monoisotopic (exact) mass is 496 g/mol.